The smallest absolute Gasteiger partial charge is 0.275 e. The minimum atomic E-state index is -0.348. The summed E-state index contributed by atoms with van der Waals surface area (Å²) in [7, 11) is 0. The van der Waals surface area contributed by atoms with Crippen LogP contribution in [0.2, 0.25) is 0 Å². The highest BCUT2D eigenvalue weighted by Crippen LogP contribution is 2.26. The van der Waals surface area contributed by atoms with Gasteiger partial charge in [0.15, 0.2) is 0 Å². The fourth-order valence-corrected chi connectivity index (χ4v) is 2.91. The number of hydrogen-bond acceptors (Lipinski definition) is 4. The van der Waals surface area contributed by atoms with Gasteiger partial charge in [-0.2, -0.15) is 0 Å². The van der Waals surface area contributed by atoms with Crippen LogP contribution in [0.1, 0.15) is 17.4 Å². The molecule has 3 aromatic rings. The summed E-state index contributed by atoms with van der Waals surface area (Å²) in [6.45, 7) is 2.55. The zero-order valence-corrected chi connectivity index (χ0v) is 13.8. The average Bonchev–Trinajstić information content (AvgIpc) is 3.08. The molecule has 0 spiro atoms. The van der Waals surface area contributed by atoms with E-state index in [2.05, 4.69) is 10.3 Å². The van der Waals surface area contributed by atoms with Gasteiger partial charge in [-0.1, -0.05) is 0 Å². The number of halogens is 1. The summed E-state index contributed by atoms with van der Waals surface area (Å²) in [5.41, 5.74) is 1.77. The predicted molar refractivity (Wildman–Crippen MR) is 93.1 cm³/mol. The van der Waals surface area contributed by atoms with Crippen LogP contribution in [-0.4, -0.2) is 17.5 Å². The van der Waals surface area contributed by atoms with Crippen molar-refractivity contribution in [2.24, 2.45) is 0 Å². The summed E-state index contributed by atoms with van der Waals surface area (Å²) in [4.78, 5) is 16.6. The van der Waals surface area contributed by atoms with E-state index in [0.29, 0.717) is 18.0 Å². The van der Waals surface area contributed by atoms with Crippen LogP contribution in [0.4, 0.5) is 10.1 Å². The van der Waals surface area contributed by atoms with Gasteiger partial charge in [0.25, 0.3) is 5.91 Å². The Morgan fingerprint density at radius 1 is 1.17 bits per heavy atom. The third kappa shape index (κ3) is 3.78. The van der Waals surface area contributed by atoms with Gasteiger partial charge in [0.2, 0.25) is 0 Å². The molecule has 1 aromatic heterocycles. The number of carbonyl (C=O) groups excluding carboxylic acids is 1. The molecule has 24 heavy (non-hydrogen) atoms. The lowest BCUT2D eigenvalue weighted by Gasteiger charge is -2.03. The number of aromatic nitrogens is 1. The monoisotopic (exact) mass is 342 g/mol. The third-order valence-electron chi connectivity index (χ3n) is 3.25. The maximum absolute atomic E-state index is 12.9. The Morgan fingerprint density at radius 3 is 2.54 bits per heavy atom. The zero-order valence-electron chi connectivity index (χ0n) is 13.0. The lowest BCUT2D eigenvalue weighted by Crippen LogP contribution is -2.12. The van der Waals surface area contributed by atoms with Gasteiger partial charge in [-0.3, -0.25) is 4.79 Å². The molecule has 4 nitrogen and oxygen atoms in total. The van der Waals surface area contributed by atoms with Crippen LogP contribution in [0.5, 0.6) is 5.75 Å². The minimum absolute atomic E-state index is 0.324. The molecule has 1 heterocycles. The number of amides is 1. The van der Waals surface area contributed by atoms with Gasteiger partial charge < -0.3 is 10.1 Å². The van der Waals surface area contributed by atoms with E-state index >= 15 is 0 Å². The lowest BCUT2D eigenvalue weighted by molar-refractivity contribution is 0.102. The molecule has 0 aliphatic carbocycles. The molecule has 1 N–H and O–H groups in total. The molecule has 0 bridgehead atoms. The van der Waals surface area contributed by atoms with E-state index in [1.165, 1.54) is 35.6 Å². The maximum Gasteiger partial charge on any atom is 0.275 e. The van der Waals surface area contributed by atoms with Crippen LogP contribution in [-0.2, 0) is 0 Å². The van der Waals surface area contributed by atoms with Crippen LogP contribution in [0.15, 0.2) is 53.9 Å². The summed E-state index contributed by atoms with van der Waals surface area (Å²) in [5, 5.41) is 5.15. The molecular weight excluding hydrogens is 327 g/mol. The molecule has 0 atom stereocenters. The number of hydrogen-bond donors (Lipinski definition) is 1. The van der Waals surface area contributed by atoms with Gasteiger partial charge in [0.05, 0.1) is 6.61 Å². The number of rotatable bonds is 5. The van der Waals surface area contributed by atoms with Gasteiger partial charge in [0.1, 0.15) is 22.3 Å². The van der Waals surface area contributed by atoms with Crippen molar-refractivity contribution in [1.29, 1.82) is 0 Å². The molecule has 0 aliphatic heterocycles. The van der Waals surface area contributed by atoms with E-state index in [1.54, 1.807) is 5.38 Å². The molecule has 1 amide bonds. The highest BCUT2D eigenvalue weighted by molar-refractivity contribution is 7.13. The molecule has 0 unspecified atom stereocenters. The van der Waals surface area contributed by atoms with Crippen molar-refractivity contribution in [2.45, 2.75) is 6.92 Å². The van der Waals surface area contributed by atoms with E-state index in [0.717, 1.165) is 16.3 Å². The fraction of sp³-hybridized carbons (Fsp3) is 0.111. The number of benzene rings is 2. The molecule has 0 saturated heterocycles. The van der Waals surface area contributed by atoms with Crippen molar-refractivity contribution < 1.29 is 13.9 Å². The van der Waals surface area contributed by atoms with Crippen molar-refractivity contribution >= 4 is 22.9 Å². The van der Waals surface area contributed by atoms with Crippen molar-refractivity contribution in [1.82, 2.24) is 4.98 Å². The summed E-state index contributed by atoms with van der Waals surface area (Å²) in [5.74, 6) is 0.126. The number of thiazole rings is 1. The van der Waals surface area contributed by atoms with E-state index < -0.39 is 0 Å². The molecule has 0 saturated carbocycles. The van der Waals surface area contributed by atoms with Gasteiger partial charge in [-0.15, -0.1) is 11.3 Å². The second-order valence-corrected chi connectivity index (χ2v) is 5.81. The number of ether oxygens (including phenoxy) is 1. The topological polar surface area (TPSA) is 51.2 Å². The fourth-order valence-electron chi connectivity index (χ4n) is 2.10. The number of nitrogens with one attached hydrogen (secondary N) is 1. The molecule has 6 heteroatoms. The van der Waals surface area contributed by atoms with Gasteiger partial charge in [0, 0.05) is 16.6 Å². The van der Waals surface area contributed by atoms with E-state index in [9.17, 15) is 9.18 Å². The van der Waals surface area contributed by atoms with Crippen LogP contribution in [0.25, 0.3) is 10.6 Å². The zero-order chi connectivity index (χ0) is 16.9. The summed E-state index contributed by atoms with van der Waals surface area (Å²) in [6, 6.07) is 13.2. The summed E-state index contributed by atoms with van der Waals surface area (Å²) >= 11 is 1.39. The first-order valence-corrected chi connectivity index (χ1v) is 8.29. The SMILES string of the molecule is CCOc1ccc(-c2nc(C(=O)Nc3ccc(F)cc3)cs2)cc1. The maximum atomic E-state index is 12.9. The Morgan fingerprint density at radius 2 is 1.88 bits per heavy atom. The average molecular weight is 342 g/mol. The quantitative estimate of drug-likeness (QED) is 0.737. The second-order valence-electron chi connectivity index (χ2n) is 4.96. The van der Waals surface area contributed by atoms with Crippen molar-refractivity contribution in [3.63, 3.8) is 0 Å². The molecule has 0 radical (unpaired) electrons. The Labute approximate surface area is 142 Å². The Balaban J connectivity index is 1.72. The first-order valence-electron chi connectivity index (χ1n) is 7.41. The number of carbonyl (C=O) groups is 1. The van der Waals surface area contributed by atoms with Crippen LogP contribution in [0, 0.1) is 5.82 Å². The molecular formula is C18H15FN2O2S. The molecule has 3 rings (SSSR count). The van der Waals surface area contributed by atoms with Crippen molar-refractivity contribution in [3.8, 4) is 16.3 Å². The predicted octanol–water partition coefficient (Wildman–Crippen LogP) is 4.60. The minimum Gasteiger partial charge on any atom is -0.494 e. The van der Waals surface area contributed by atoms with Gasteiger partial charge in [-0.25, -0.2) is 9.37 Å². The Kier molecular flexibility index (Phi) is 4.86. The van der Waals surface area contributed by atoms with E-state index in [-0.39, 0.29) is 11.7 Å². The Hall–Kier alpha value is -2.73. The van der Waals surface area contributed by atoms with Crippen molar-refractivity contribution in [3.05, 3.63) is 65.4 Å². The van der Waals surface area contributed by atoms with Crippen LogP contribution in [0.3, 0.4) is 0 Å². The lowest BCUT2D eigenvalue weighted by atomic mass is 10.2. The second kappa shape index (κ2) is 7.23. The van der Waals surface area contributed by atoms with E-state index in [1.807, 2.05) is 31.2 Å². The first-order chi connectivity index (χ1) is 11.7. The molecule has 0 fully saturated rings. The van der Waals surface area contributed by atoms with Crippen LogP contribution < -0.4 is 10.1 Å². The standard InChI is InChI=1S/C18H15FN2O2S/c1-2-23-15-9-3-12(4-10-15)18-21-16(11-24-18)17(22)20-14-7-5-13(19)6-8-14/h3-11H,2H2,1H3,(H,20,22). The molecule has 0 aliphatic rings. The highest BCUT2D eigenvalue weighted by Gasteiger charge is 2.12. The highest BCUT2D eigenvalue weighted by atomic mass is 32.1. The summed E-state index contributed by atoms with van der Waals surface area (Å²) in [6.07, 6.45) is 0. The Bertz CT molecular complexity index is 829. The van der Waals surface area contributed by atoms with E-state index in [4.69, 9.17) is 4.74 Å². The van der Waals surface area contributed by atoms with Crippen LogP contribution >= 0.6 is 11.3 Å². The third-order valence-corrected chi connectivity index (χ3v) is 4.14. The molecule has 2 aromatic carbocycles. The van der Waals surface area contributed by atoms with Gasteiger partial charge in [-0.05, 0) is 55.5 Å². The van der Waals surface area contributed by atoms with Crippen molar-refractivity contribution in [2.75, 3.05) is 11.9 Å². The normalized spacial score (nSPS) is 10.4. The van der Waals surface area contributed by atoms with Gasteiger partial charge >= 0.3 is 0 Å². The number of nitrogens with zero attached hydrogens (tertiary/aromatic N) is 1. The number of anilines is 1. The summed E-state index contributed by atoms with van der Waals surface area (Å²) < 4.78 is 18.3. The molecule has 122 valence electrons. The largest absolute Gasteiger partial charge is 0.494 e. The first kappa shape index (κ1) is 16.1.